The number of nitrogens with one attached hydrogen (secondary N) is 1. The van der Waals surface area contributed by atoms with E-state index >= 15 is 0 Å². The van der Waals surface area contributed by atoms with Gasteiger partial charge in [0, 0.05) is 13.2 Å². The van der Waals surface area contributed by atoms with Crippen LogP contribution in [0.25, 0.3) is 0 Å². The van der Waals surface area contributed by atoms with Crippen LogP contribution >= 0.6 is 0 Å². The van der Waals surface area contributed by atoms with Gasteiger partial charge in [-0.2, -0.15) is 0 Å². The minimum Gasteiger partial charge on any atom is -0.496 e. The van der Waals surface area contributed by atoms with E-state index < -0.39 is 0 Å². The first-order chi connectivity index (χ1) is 9.13. The molecule has 0 aliphatic rings. The van der Waals surface area contributed by atoms with Crippen LogP contribution in [0, 0.1) is 5.92 Å². The van der Waals surface area contributed by atoms with Crippen molar-refractivity contribution >= 4 is 0 Å². The summed E-state index contributed by atoms with van der Waals surface area (Å²) in [5.74, 6) is 1.42. The Morgan fingerprint density at radius 1 is 1.16 bits per heavy atom. The van der Waals surface area contributed by atoms with Gasteiger partial charge in [-0.05, 0) is 30.5 Å². The summed E-state index contributed by atoms with van der Waals surface area (Å²) in [4.78, 5) is 0. The number of benzene rings is 1. The quantitative estimate of drug-likeness (QED) is 0.784. The molecule has 1 aromatic rings. The Labute approximate surface area is 117 Å². The van der Waals surface area contributed by atoms with E-state index in [1.807, 2.05) is 12.1 Å². The largest absolute Gasteiger partial charge is 0.496 e. The summed E-state index contributed by atoms with van der Waals surface area (Å²) in [5, 5.41) is 3.53. The second-order valence-corrected chi connectivity index (χ2v) is 5.12. The van der Waals surface area contributed by atoms with Crippen molar-refractivity contribution in [2.75, 3.05) is 20.8 Å². The summed E-state index contributed by atoms with van der Waals surface area (Å²) in [5.41, 5.74) is 1.22. The first-order valence-electron chi connectivity index (χ1n) is 7.02. The Kier molecular flexibility index (Phi) is 6.89. The maximum Gasteiger partial charge on any atom is 0.122 e. The Morgan fingerprint density at radius 3 is 2.37 bits per heavy atom. The third kappa shape index (κ3) is 4.51. The van der Waals surface area contributed by atoms with Crippen LogP contribution in [-0.4, -0.2) is 32.9 Å². The summed E-state index contributed by atoms with van der Waals surface area (Å²) in [6, 6.07) is 8.48. The van der Waals surface area contributed by atoms with Crippen LogP contribution in [0.15, 0.2) is 24.3 Å². The Hall–Kier alpha value is -1.06. The fourth-order valence-electron chi connectivity index (χ4n) is 2.58. The molecule has 0 spiro atoms. The highest BCUT2D eigenvalue weighted by molar-refractivity contribution is 5.34. The minimum atomic E-state index is 0.199. The van der Waals surface area contributed by atoms with Gasteiger partial charge in [0.25, 0.3) is 0 Å². The van der Waals surface area contributed by atoms with E-state index in [4.69, 9.17) is 9.47 Å². The molecular formula is C16H27NO2. The lowest BCUT2D eigenvalue weighted by Crippen LogP contribution is -2.45. The summed E-state index contributed by atoms with van der Waals surface area (Å²) < 4.78 is 11.1. The monoisotopic (exact) mass is 265 g/mol. The normalized spacial score (nSPS) is 14.4. The molecule has 0 fully saturated rings. The van der Waals surface area contributed by atoms with Crippen LogP contribution < -0.4 is 10.1 Å². The van der Waals surface area contributed by atoms with Crippen molar-refractivity contribution in [2.45, 2.75) is 39.3 Å². The fraction of sp³-hybridized carbons (Fsp3) is 0.625. The molecule has 0 amide bonds. The number of hydrogen-bond donors (Lipinski definition) is 1. The highest BCUT2D eigenvalue weighted by Crippen LogP contribution is 2.22. The summed E-state index contributed by atoms with van der Waals surface area (Å²) in [6.45, 7) is 7.45. The number of rotatable bonds is 8. The molecule has 19 heavy (non-hydrogen) atoms. The second kappa shape index (κ2) is 8.18. The van der Waals surface area contributed by atoms with Gasteiger partial charge in [-0.25, -0.2) is 0 Å². The Balaban J connectivity index is 2.88. The van der Waals surface area contributed by atoms with Gasteiger partial charge >= 0.3 is 0 Å². The molecule has 3 nitrogen and oxygen atoms in total. The number of methoxy groups -OCH3 is 2. The van der Waals surface area contributed by atoms with Crippen LogP contribution in [-0.2, 0) is 11.2 Å². The van der Waals surface area contributed by atoms with Gasteiger partial charge in [0.15, 0.2) is 0 Å². The van der Waals surface area contributed by atoms with Gasteiger partial charge in [-0.3, -0.25) is 0 Å². The highest BCUT2D eigenvalue weighted by Gasteiger charge is 2.24. The summed E-state index contributed by atoms with van der Waals surface area (Å²) >= 11 is 0. The van der Waals surface area contributed by atoms with E-state index in [0.717, 1.165) is 18.7 Å². The minimum absolute atomic E-state index is 0.199. The molecule has 1 aromatic carbocycles. The molecule has 1 rings (SSSR count). The van der Waals surface area contributed by atoms with E-state index in [0.29, 0.717) is 12.0 Å². The molecule has 0 bridgehead atoms. The first kappa shape index (κ1) is 16.0. The van der Waals surface area contributed by atoms with Crippen molar-refractivity contribution < 1.29 is 9.47 Å². The molecule has 2 atom stereocenters. The third-order valence-corrected chi connectivity index (χ3v) is 3.42. The molecule has 0 aromatic heterocycles. The smallest absolute Gasteiger partial charge is 0.122 e. The molecular weight excluding hydrogens is 238 g/mol. The average Bonchev–Trinajstić information content (AvgIpc) is 2.40. The van der Waals surface area contributed by atoms with Crippen molar-refractivity contribution in [3.05, 3.63) is 29.8 Å². The van der Waals surface area contributed by atoms with Crippen molar-refractivity contribution in [3.63, 3.8) is 0 Å². The predicted molar refractivity (Wildman–Crippen MR) is 79.8 cm³/mol. The average molecular weight is 265 g/mol. The van der Waals surface area contributed by atoms with Gasteiger partial charge < -0.3 is 14.8 Å². The predicted octanol–water partition coefficient (Wildman–Crippen LogP) is 2.89. The van der Waals surface area contributed by atoms with Crippen LogP contribution in [0.3, 0.4) is 0 Å². The van der Waals surface area contributed by atoms with E-state index in [1.165, 1.54) is 5.56 Å². The molecule has 0 heterocycles. The number of para-hydroxylation sites is 1. The van der Waals surface area contributed by atoms with Crippen molar-refractivity contribution in [2.24, 2.45) is 5.92 Å². The Bertz CT molecular complexity index is 366. The molecule has 3 heteroatoms. The maximum atomic E-state index is 5.67. The topological polar surface area (TPSA) is 30.5 Å². The van der Waals surface area contributed by atoms with Crippen molar-refractivity contribution in [3.8, 4) is 5.75 Å². The summed E-state index contributed by atoms with van der Waals surface area (Å²) in [6.07, 6.45) is 1.11. The van der Waals surface area contributed by atoms with Crippen LogP contribution in [0.1, 0.15) is 26.3 Å². The molecule has 1 N–H and O–H groups in total. The Morgan fingerprint density at radius 2 is 1.84 bits per heavy atom. The molecule has 108 valence electrons. The zero-order valence-corrected chi connectivity index (χ0v) is 12.8. The van der Waals surface area contributed by atoms with E-state index in [1.54, 1.807) is 14.2 Å². The number of hydrogen-bond acceptors (Lipinski definition) is 3. The standard InChI is InChI=1S/C16H27NO2/c1-6-17-14(16(19-5)12(2)3)11-13-9-7-8-10-15(13)18-4/h7-10,12,14,16-17H,6,11H2,1-5H3. The van der Waals surface area contributed by atoms with Crippen LogP contribution in [0.5, 0.6) is 5.75 Å². The molecule has 0 saturated heterocycles. The van der Waals surface area contributed by atoms with Crippen LogP contribution in [0.2, 0.25) is 0 Å². The molecule has 0 aliphatic heterocycles. The summed E-state index contributed by atoms with van der Waals surface area (Å²) in [7, 11) is 3.51. The van der Waals surface area contributed by atoms with Gasteiger partial charge in [0.2, 0.25) is 0 Å². The lowest BCUT2D eigenvalue weighted by atomic mass is 9.93. The lowest BCUT2D eigenvalue weighted by molar-refractivity contribution is 0.0335. The maximum absolute atomic E-state index is 5.67. The third-order valence-electron chi connectivity index (χ3n) is 3.42. The highest BCUT2D eigenvalue weighted by atomic mass is 16.5. The van der Waals surface area contributed by atoms with E-state index in [-0.39, 0.29) is 6.10 Å². The van der Waals surface area contributed by atoms with E-state index in [9.17, 15) is 0 Å². The van der Waals surface area contributed by atoms with Crippen molar-refractivity contribution in [1.29, 1.82) is 0 Å². The second-order valence-electron chi connectivity index (χ2n) is 5.12. The first-order valence-corrected chi connectivity index (χ1v) is 7.02. The molecule has 0 aliphatic carbocycles. The number of likely N-dealkylation sites (N-methyl/N-ethyl adjacent to an activating group) is 1. The fourth-order valence-corrected chi connectivity index (χ4v) is 2.58. The lowest BCUT2D eigenvalue weighted by Gasteiger charge is -2.30. The van der Waals surface area contributed by atoms with E-state index in [2.05, 4.69) is 38.2 Å². The van der Waals surface area contributed by atoms with Gasteiger partial charge in [-0.1, -0.05) is 39.0 Å². The van der Waals surface area contributed by atoms with Gasteiger partial charge in [-0.15, -0.1) is 0 Å². The van der Waals surface area contributed by atoms with Crippen LogP contribution in [0.4, 0.5) is 0 Å². The molecule has 0 radical (unpaired) electrons. The van der Waals surface area contributed by atoms with Gasteiger partial charge in [0.05, 0.1) is 13.2 Å². The number of ether oxygens (including phenoxy) is 2. The zero-order chi connectivity index (χ0) is 14.3. The molecule has 2 unspecified atom stereocenters. The molecule has 0 saturated carbocycles. The zero-order valence-electron chi connectivity index (χ0n) is 12.8. The van der Waals surface area contributed by atoms with Crippen molar-refractivity contribution in [1.82, 2.24) is 5.32 Å². The SMILES string of the molecule is CCNC(Cc1ccccc1OC)C(OC)C(C)C. The van der Waals surface area contributed by atoms with Gasteiger partial charge in [0.1, 0.15) is 5.75 Å².